The average molecular weight is 419 g/mol. The second kappa shape index (κ2) is 8.67. The molecule has 3 aromatic rings. The van der Waals surface area contributed by atoms with Crippen LogP contribution in [0.3, 0.4) is 0 Å². The zero-order valence-electron chi connectivity index (χ0n) is 18.0. The summed E-state index contributed by atoms with van der Waals surface area (Å²) >= 11 is 0. The highest BCUT2D eigenvalue weighted by molar-refractivity contribution is 5.84. The highest BCUT2D eigenvalue weighted by atomic mass is 16.4. The lowest BCUT2D eigenvalue weighted by Gasteiger charge is -2.41. The van der Waals surface area contributed by atoms with Gasteiger partial charge in [-0.15, -0.1) is 5.10 Å². The van der Waals surface area contributed by atoms with Crippen molar-refractivity contribution in [2.45, 2.75) is 33.2 Å². The van der Waals surface area contributed by atoms with Gasteiger partial charge in [0.05, 0.1) is 18.1 Å². The van der Waals surface area contributed by atoms with Crippen LogP contribution in [-0.2, 0) is 6.42 Å². The van der Waals surface area contributed by atoms with Crippen LogP contribution in [0.5, 0.6) is 0 Å². The number of aromatic carboxylic acids is 1. The number of carboxylic acid groups (broad SMARTS) is 1. The Hall–Kier alpha value is -3.55. The molecule has 1 fully saturated rings. The number of aromatic nitrogens is 4. The van der Waals surface area contributed by atoms with E-state index in [2.05, 4.69) is 62.9 Å². The van der Waals surface area contributed by atoms with Crippen molar-refractivity contribution < 1.29 is 9.90 Å². The highest BCUT2D eigenvalue weighted by Crippen LogP contribution is 2.26. The molecular weight excluding hydrogens is 392 g/mol. The fraction of sp³-hybridized carbons (Fsp3) is 0.348. The Balaban J connectivity index is 1.48. The van der Waals surface area contributed by atoms with E-state index in [0.29, 0.717) is 5.82 Å². The van der Waals surface area contributed by atoms with Crippen molar-refractivity contribution in [3.05, 3.63) is 70.8 Å². The number of benzene rings is 1. The first-order chi connectivity index (χ1) is 14.9. The monoisotopic (exact) mass is 418 g/mol. The van der Waals surface area contributed by atoms with E-state index in [1.807, 2.05) is 18.2 Å². The molecule has 4 rings (SSSR count). The molecular formula is C23H26N6O2. The first kappa shape index (κ1) is 20.7. The molecule has 0 bridgehead atoms. The van der Waals surface area contributed by atoms with E-state index in [1.54, 1.807) is 0 Å². The van der Waals surface area contributed by atoms with Gasteiger partial charge in [-0.3, -0.25) is 0 Å². The maximum atomic E-state index is 11.0. The molecule has 0 amide bonds. The Morgan fingerprint density at radius 3 is 2.48 bits per heavy atom. The van der Waals surface area contributed by atoms with Crippen molar-refractivity contribution in [3.63, 3.8) is 0 Å². The lowest BCUT2D eigenvalue weighted by molar-refractivity contribution is 0.0690. The molecule has 1 N–H and O–H groups in total. The molecule has 1 atom stereocenters. The predicted octanol–water partition coefficient (Wildman–Crippen LogP) is 2.89. The molecule has 0 spiro atoms. The van der Waals surface area contributed by atoms with E-state index in [-0.39, 0.29) is 11.7 Å². The summed E-state index contributed by atoms with van der Waals surface area (Å²) in [5.41, 5.74) is 4.52. The Labute approximate surface area is 181 Å². The Morgan fingerprint density at radius 2 is 1.84 bits per heavy atom. The molecule has 0 radical (unpaired) electrons. The molecule has 0 aliphatic carbocycles. The Kier molecular flexibility index (Phi) is 5.79. The molecule has 1 aliphatic rings. The van der Waals surface area contributed by atoms with Gasteiger partial charge in [-0.05, 0) is 37.5 Å². The first-order valence-corrected chi connectivity index (χ1v) is 10.4. The van der Waals surface area contributed by atoms with Crippen LogP contribution in [0.1, 0.15) is 39.8 Å². The number of hydrogen-bond acceptors (Lipinski definition) is 7. The van der Waals surface area contributed by atoms with Crippen LogP contribution in [0.15, 0.2) is 42.7 Å². The third kappa shape index (κ3) is 4.33. The van der Waals surface area contributed by atoms with Gasteiger partial charge in [0.25, 0.3) is 0 Å². The van der Waals surface area contributed by atoms with Crippen molar-refractivity contribution >= 4 is 17.6 Å². The van der Waals surface area contributed by atoms with Crippen molar-refractivity contribution in [1.29, 1.82) is 0 Å². The van der Waals surface area contributed by atoms with Gasteiger partial charge >= 0.3 is 5.97 Å². The SMILES string of the molecule is Cc1c(Cc2ccccc2)nnc(N2CCN(c3cnc(C(=O)O)cn3)[C@H](C)C2)c1C. The molecule has 0 unspecified atom stereocenters. The summed E-state index contributed by atoms with van der Waals surface area (Å²) in [7, 11) is 0. The van der Waals surface area contributed by atoms with E-state index in [4.69, 9.17) is 5.11 Å². The summed E-state index contributed by atoms with van der Waals surface area (Å²) in [6, 6.07) is 10.5. The molecule has 160 valence electrons. The van der Waals surface area contributed by atoms with Crippen LogP contribution in [0.25, 0.3) is 0 Å². The van der Waals surface area contributed by atoms with Gasteiger partial charge in [-0.1, -0.05) is 30.3 Å². The van der Waals surface area contributed by atoms with Crippen LogP contribution in [0.2, 0.25) is 0 Å². The molecule has 1 aromatic carbocycles. The molecule has 2 aromatic heterocycles. The van der Waals surface area contributed by atoms with Crippen molar-refractivity contribution in [2.24, 2.45) is 0 Å². The van der Waals surface area contributed by atoms with Crippen LogP contribution < -0.4 is 9.80 Å². The summed E-state index contributed by atoms with van der Waals surface area (Å²) in [6.45, 7) is 8.65. The number of hydrogen-bond donors (Lipinski definition) is 1. The first-order valence-electron chi connectivity index (χ1n) is 10.4. The maximum absolute atomic E-state index is 11.0. The normalized spacial score (nSPS) is 16.4. The zero-order chi connectivity index (χ0) is 22.0. The number of carboxylic acids is 1. The topological polar surface area (TPSA) is 95.3 Å². The third-order valence-corrected chi connectivity index (χ3v) is 5.89. The number of anilines is 2. The van der Waals surface area contributed by atoms with Crippen LogP contribution in [0.4, 0.5) is 11.6 Å². The summed E-state index contributed by atoms with van der Waals surface area (Å²) in [4.78, 5) is 23.7. The van der Waals surface area contributed by atoms with E-state index >= 15 is 0 Å². The third-order valence-electron chi connectivity index (χ3n) is 5.89. The minimum Gasteiger partial charge on any atom is -0.476 e. The van der Waals surface area contributed by atoms with Gasteiger partial charge in [-0.25, -0.2) is 14.8 Å². The number of nitrogens with zero attached hydrogens (tertiary/aromatic N) is 6. The van der Waals surface area contributed by atoms with Crippen LogP contribution >= 0.6 is 0 Å². The van der Waals surface area contributed by atoms with Gasteiger partial charge < -0.3 is 14.9 Å². The van der Waals surface area contributed by atoms with E-state index in [9.17, 15) is 4.79 Å². The lowest BCUT2D eigenvalue weighted by atomic mass is 10.0. The maximum Gasteiger partial charge on any atom is 0.356 e. The van der Waals surface area contributed by atoms with Gasteiger partial charge in [0.2, 0.25) is 0 Å². The van der Waals surface area contributed by atoms with Crippen molar-refractivity contribution in [3.8, 4) is 0 Å². The van der Waals surface area contributed by atoms with Crippen LogP contribution in [-0.4, -0.2) is 56.9 Å². The van der Waals surface area contributed by atoms with Crippen LogP contribution in [0, 0.1) is 13.8 Å². The Bertz CT molecular complexity index is 1070. The van der Waals surface area contributed by atoms with Crippen molar-refractivity contribution in [1.82, 2.24) is 20.2 Å². The molecule has 3 heterocycles. The second-order valence-corrected chi connectivity index (χ2v) is 7.94. The molecule has 1 saturated heterocycles. The molecule has 8 heteroatoms. The number of carbonyl (C=O) groups is 1. The van der Waals surface area contributed by atoms with Gasteiger partial charge in [0, 0.05) is 32.1 Å². The van der Waals surface area contributed by atoms with E-state index in [0.717, 1.165) is 43.1 Å². The molecule has 0 saturated carbocycles. The fourth-order valence-corrected chi connectivity index (χ4v) is 3.97. The summed E-state index contributed by atoms with van der Waals surface area (Å²) in [5, 5.41) is 18.2. The Morgan fingerprint density at radius 1 is 1.06 bits per heavy atom. The minimum absolute atomic E-state index is 0.0491. The highest BCUT2D eigenvalue weighted by Gasteiger charge is 2.27. The standard InChI is InChI=1S/C23H26N6O2/c1-15-14-28(9-10-29(15)21-13-24-20(12-25-21)23(30)31)22-17(3)16(2)19(26-27-22)11-18-7-5-4-6-8-18/h4-8,12-13,15H,9-11,14H2,1-3H3,(H,30,31)/t15-/m1/s1. The van der Waals surface area contributed by atoms with E-state index < -0.39 is 5.97 Å². The summed E-state index contributed by atoms with van der Waals surface area (Å²) in [6.07, 6.45) is 3.61. The number of rotatable bonds is 5. The quantitative estimate of drug-likeness (QED) is 0.676. The lowest BCUT2D eigenvalue weighted by Crippen LogP contribution is -2.53. The second-order valence-electron chi connectivity index (χ2n) is 7.94. The zero-order valence-corrected chi connectivity index (χ0v) is 18.0. The minimum atomic E-state index is -1.07. The number of piperazine rings is 1. The molecule has 31 heavy (non-hydrogen) atoms. The predicted molar refractivity (Wildman–Crippen MR) is 119 cm³/mol. The fourth-order valence-electron chi connectivity index (χ4n) is 3.97. The smallest absolute Gasteiger partial charge is 0.356 e. The molecule has 1 aliphatic heterocycles. The van der Waals surface area contributed by atoms with Gasteiger partial charge in [-0.2, -0.15) is 5.10 Å². The summed E-state index contributed by atoms with van der Waals surface area (Å²) in [5.74, 6) is 0.541. The largest absolute Gasteiger partial charge is 0.476 e. The van der Waals surface area contributed by atoms with Gasteiger partial charge in [0.1, 0.15) is 5.82 Å². The average Bonchev–Trinajstić information content (AvgIpc) is 2.78. The van der Waals surface area contributed by atoms with Gasteiger partial charge in [0.15, 0.2) is 11.5 Å². The molecule has 8 nitrogen and oxygen atoms in total. The van der Waals surface area contributed by atoms with Crippen molar-refractivity contribution in [2.75, 3.05) is 29.4 Å². The van der Waals surface area contributed by atoms with E-state index in [1.165, 1.54) is 23.5 Å². The summed E-state index contributed by atoms with van der Waals surface area (Å²) < 4.78 is 0.